The molecule has 1 saturated heterocycles. The van der Waals surface area contributed by atoms with E-state index in [2.05, 4.69) is 32.3 Å². The molecule has 0 radical (unpaired) electrons. The smallest absolute Gasteiger partial charge is 0.407 e. The standard InChI is InChI=1S/C24H34N4O4/c1-24(2,3)32-23(29)27-16-17-4-6-19(7-5-17)31-21-15-18(28-10-12-30-13-11-28)14-20-22(21)26-9-8-25-20/h8-9,14-15,17,19H,4-7,10-13,16H2,1-3H3,(H,27,29). The molecule has 174 valence electrons. The van der Waals surface area contributed by atoms with Crippen LogP contribution in [-0.4, -0.2) is 60.6 Å². The van der Waals surface area contributed by atoms with Crippen LogP contribution < -0.4 is 15.0 Å². The summed E-state index contributed by atoms with van der Waals surface area (Å²) in [6.45, 7) is 9.45. The third-order valence-electron chi connectivity index (χ3n) is 5.92. The molecule has 2 fully saturated rings. The molecule has 0 unspecified atom stereocenters. The molecule has 1 aromatic heterocycles. The van der Waals surface area contributed by atoms with Gasteiger partial charge in [-0.3, -0.25) is 4.98 Å². The Hall–Kier alpha value is -2.61. The number of anilines is 1. The molecule has 0 atom stereocenters. The van der Waals surface area contributed by atoms with E-state index in [0.717, 1.165) is 74.5 Å². The zero-order chi connectivity index (χ0) is 22.6. The number of carbonyl (C=O) groups is 1. The maximum Gasteiger partial charge on any atom is 0.407 e. The largest absolute Gasteiger partial charge is 0.488 e. The average Bonchev–Trinajstić information content (AvgIpc) is 2.78. The predicted molar refractivity (Wildman–Crippen MR) is 123 cm³/mol. The predicted octanol–water partition coefficient (Wildman–Crippen LogP) is 3.93. The minimum Gasteiger partial charge on any atom is -0.488 e. The number of alkyl carbamates (subject to hydrolysis) is 1. The lowest BCUT2D eigenvalue weighted by molar-refractivity contribution is 0.0508. The number of amides is 1. The molecule has 0 bridgehead atoms. The van der Waals surface area contributed by atoms with Crippen LogP contribution in [0.15, 0.2) is 24.5 Å². The van der Waals surface area contributed by atoms with Crippen molar-refractivity contribution >= 4 is 22.8 Å². The molecule has 1 aromatic carbocycles. The molecule has 32 heavy (non-hydrogen) atoms. The number of hydrogen-bond donors (Lipinski definition) is 1. The molecule has 8 heteroatoms. The summed E-state index contributed by atoms with van der Waals surface area (Å²) in [4.78, 5) is 23.3. The van der Waals surface area contributed by atoms with Gasteiger partial charge in [-0.2, -0.15) is 0 Å². The highest BCUT2D eigenvalue weighted by Crippen LogP contribution is 2.33. The zero-order valence-electron chi connectivity index (χ0n) is 19.3. The van der Waals surface area contributed by atoms with Gasteiger partial charge in [0.1, 0.15) is 16.9 Å². The second-order valence-electron chi connectivity index (χ2n) is 9.61. The Morgan fingerprint density at radius 2 is 1.84 bits per heavy atom. The normalized spacial score (nSPS) is 21.9. The van der Waals surface area contributed by atoms with Crippen molar-refractivity contribution in [1.82, 2.24) is 15.3 Å². The lowest BCUT2D eigenvalue weighted by Crippen LogP contribution is -2.37. The quantitative estimate of drug-likeness (QED) is 0.751. The van der Waals surface area contributed by atoms with Gasteiger partial charge in [0.15, 0.2) is 0 Å². The minimum absolute atomic E-state index is 0.137. The summed E-state index contributed by atoms with van der Waals surface area (Å²) in [5.41, 5.74) is 2.28. The number of fused-ring (bicyclic) bond motifs is 1. The van der Waals surface area contributed by atoms with Crippen molar-refractivity contribution in [3.05, 3.63) is 24.5 Å². The van der Waals surface area contributed by atoms with Gasteiger partial charge >= 0.3 is 6.09 Å². The summed E-state index contributed by atoms with van der Waals surface area (Å²) in [6.07, 6.45) is 7.13. The van der Waals surface area contributed by atoms with Crippen molar-refractivity contribution in [1.29, 1.82) is 0 Å². The summed E-state index contributed by atoms with van der Waals surface area (Å²) < 4.78 is 17.3. The molecule has 1 saturated carbocycles. The van der Waals surface area contributed by atoms with Gasteiger partial charge < -0.3 is 24.4 Å². The highest BCUT2D eigenvalue weighted by atomic mass is 16.6. The van der Waals surface area contributed by atoms with Gasteiger partial charge in [0.05, 0.1) is 24.8 Å². The van der Waals surface area contributed by atoms with Gasteiger partial charge in [0.25, 0.3) is 0 Å². The van der Waals surface area contributed by atoms with Crippen LogP contribution in [0.5, 0.6) is 5.75 Å². The Bertz CT molecular complexity index is 916. The van der Waals surface area contributed by atoms with Gasteiger partial charge in [-0.05, 0) is 58.4 Å². The molecular weight excluding hydrogens is 408 g/mol. The zero-order valence-corrected chi connectivity index (χ0v) is 19.3. The van der Waals surface area contributed by atoms with E-state index in [1.807, 2.05) is 20.8 Å². The molecule has 8 nitrogen and oxygen atoms in total. The minimum atomic E-state index is -0.475. The van der Waals surface area contributed by atoms with E-state index >= 15 is 0 Å². The molecule has 1 aliphatic heterocycles. The number of ether oxygens (including phenoxy) is 3. The maximum atomic E-state index is 11.9. The summed E-state index contributed by atoms with van der Waals surface area (Å²) in [7, 11) is 0. The Morgan fingerprint density at radius 3 is 2.56 bits per heavy atom. The van der Waals surface area contributed by atoms with Crippen LogP contribution >= 0.6 is 0 Å². The number of carbonyl (C=O) groups excluding carboxylic acids is 1. The first kappa shape index (κ1) is 22.6. The van der Waals surface area contributed by atoms with Crippen LogP contribution in [0.2, 0.25) is 0 Å². The first-order valence-corrected chi connectivity index (χ1v) is 11.6. The van der Waals surface area contributed by atoms with E-state index < -0.39 is 5.60 Å². The fraction of sp³-hybridized carbons (Fsp3) is 0.625. The fourth-order valence-electron chi connectivity index (χ4n) is 4.30. The average molecular weight is 443 g/mol. The molecule has 1 aliphatic carbocycles. The van der Waals surface area contributed by atoms with Gasteiger partial charge in [-0.15, -0.1) is 0 Å². The highest BCUT2D eigenvalue weighted by Gasteiger charge is 2.25. The monoisotopic (exact) mass is 442 g/mol. The van der Waals surface area contributed by atoms with E-state index in [-0.39, 0.29) is 12.2 Å². The van der Waals surface area contributed by atoms with E-state index in [0.29, 0.717) is 12.5 Å². The van der Waals surface area contributed by atoms with Crippen molar-refractivity contribution in [3.8, 4) is 5.75 Å². The first-order chi connectivity index (χ1) is 15.4. The molecule has 1 N–H and O–H groups in total. The number of rotatable bonds is 5. The number of morpholine rings is 1. The maximum absolute atomic E-state index is 11.9. The Balaban J connectivity index is 1.36. The second kappa shape index (κ2) is 9.90. The van der Waals surface area contributed by atoms with E-state index in [4.69, 9.17) is 14.2 Å². The van der Waals surface area contributed by atoms with Crippen LogP contribution in [-0.2, 0) is 9.47 Å². The molecular formula is C24H34N4O4. The highest BCUT2D eigenvalue weighted by molar-refractivity contribution is 5.85. The second-order valence-corrected chi connectivity index (χ2v) is 9.61. The number of nitrogens with zero attached hydrogens (tertiary/aromatic N) is 3. The van der Waals surface area contributed by atoms with Crippen LogP contribution in [0, 0.1) is 5.92 Å². The van der Waals surface area contributed by atoms with Gasteiger partial charge in [0.2, 0.25) is 0 Å². The van der Waals surface area contributed by atoms with E-state index in [9.17, 15) is 4.79 Å². The third-order valence-corrected chi connectivity index (χ3v) is 5.92. The van der Waals surface area contributed by atoms with Crippen molar-refractivity contribution < 1.29 is 19.0 Å². The van der Waals surface area contributed by atoms with Crippen molar-refractivity contribution in [2.45, 2.75) is 58.2 Å². The SMILES string of the molecule is CC(C)(C)OC(=O)NCC1CCC(Oc2cc(N3CCOCC3)cc3nccnc23)CC1. The topological polar surface area (TPSA) is 85.8 Å². The molecule has 2 aliphatic rings. The number of hydrogen-bond acceptors (Lipinski definition) is 7. The van der Waals surface area contributed by atoms with E-state index in [1.165, 1.54) is 0 Å². The Kier molecular flexibility index (Phi) is 6.98. The van der Waals surface area contributed by atoms with Gasteiger partial charge in [0, 0.05) is 43.8 Å². The van der Waals surface area contributed by atoms with Crippen LogP contribution in [0.1, 0.15) is 46.5 Å². The molecule has 2 heterocycles. The van der Waals surface area contributed by atoms with Crippen LogP contribution in [0.4, 0.5) is 10.5 Å². The van der Waals surface area contributed by atoms with Crippen LogP contribution in [0.25, 0.3) is 11.0 Å². The van der Waals surface area contributed by atoms with Crippen LogP contribution in [0.3, 0.4) is 0 Å². The fourth-order valence-corrected chi connectivity index (χ4v) is 4.30. The summed E-state index contributed by atoms with van der Waals surface area (Å²) >= 11 is 0. The number of nitrogens with one attached hydrogen (secondary N) is 1. The van der Waals surface area contributed by atoms with Gasteiger partial charge in [-0.25, -0.2) is 9.78 Å². The van der Waals surface area contributed by atoms with Gasteiger partial charge in [-0.1, -0.05) is 0 Å². The van der Waals surface area contributed by atoms with Crippen molar-refractivity contribution in [2.24, 2.45) is 5.92 Å². The third kappa shape index (κ3) is 6.00. The van der Waals surface area contributed by atoms with Crippen molar-refractivity contribution in [2.75, 3.05) is 37.7 Å². The number of aromatic nitrogens is 2. The Labute approximate surface area is 189 Å². The summed E-state index contributed by atoms with van der Waals surface area (Å²) in [6, 6.07) is 4.18. The van der Waals surface area contributed by atoms with E-state index in [1.54, 1.807) is 12.4 Å². The van der Waals surface area contributed by atoms with Crippen molar-refractivity contribution in [3.63, 3.8) is 0 Å². The molecule has 4 rings (SSSR count). The summed E-state index contributed by atoms with van der Waals surface area (Å²) in [5.74, 6) is 1.24. The molecule has 2 aromatic rings. The number of benzene rings is 1. The lowest BCUT2D eigenvalue weighted by atomic mass is 9.87. The molecule has 1 amide bonds. The lowest BCUT2D eigenvalue weighted by Gasteiger charge is -2.31. The first-order valence-electron chi connectivity index (χ1n) is 11.6. The molecule has 0 spiro atoms. The Morgan fingerprint density at radius 1 is 1.12 bits per heavy atom. The summed E-state index contributed by atoms with van der Waals surface area (Å²) in [5, 5.41) is 2.91.